The van der Waals surface area contributed by atoms with E-state index in [4.69, 9.17) is 5.11 Å². The van der Waals surface area contributed by atoms with Crippen LogP contribution in [0.25, 0.3) is 0 Å². The smallest absolute Gasteiger partial charge is 0.345 e. The number of aliphatic hydroxyl groups is 1. The van der Waals surface area contributed by atoms with E-state index in [2.05, 4.69) is 5.10 Å². The SMILES string of the molecule is O=c1[nH]ncn1C(F)[C@H](O)C(F)F. The van der Waals surface area contributed by atoms with Gasteiger partial charge in [-0.05, 0) is 0 Å². The normalized spacial score (nSPS) is 16.1. The number of rotatable bonds is 3. The average molecular weight is 197 g/mol. The van der Waals surface area contributed by atoms with Gasteiger partial charge >= 0.3 is 5.69 Å². The first-order chi connectivity index (χ1) is 6.04. The molecule has 2 atom stereocenters. The molecular formula is C5H6F3N3O2. The van der Waals surface area contributed by atoms with Gasteiger partial charge in [-0.25, -0.2) is 27.6 Å². The van der Waals surface area contributed by atoms with Crippen LogP contribution in [0.1, 0.15) is 6.30 Å². The van der Waals surface area contributed by atoms with Gasteiger partial charge in [0.1, 0.15) is 6.33 Å². The number of hydrogen-bond acceptors (Lipinski definition) is 3. The van der Waals surface area contributed by atoms with E-state index in [1.165, 1.54) is 0 Å². The van der Waals surface area contributed by atoms with E-state index >= 15 is 0 Å². The molecule has 0 aliphatic rings. The summed E-state index contributed by atoms with van der Waals surface area (Å²) < 4.78 is 36.6. The molecule has 0 radical (unpaired) electrons. The molecule has 2 N–H and O–H groups in total. The predicted molar refractivity (Wildman–Crippen MR) is 35.0 cm³/mol. The third-order valence-electron chi connectivity index (χ3n) is 1.38. The zero-order chi connectivity index (χ0) is 10.0. The lowest BCUT2D eigenvalue weighted by molar-refractivity contribution is -0.0727. The Labute approximate surface area is 69.8 Å². The maximum atomic E-state index is 12.8. The molecule has 0 saturated carbocycles. The Hall–Kier alpha value is -1.31. The maximum absolute atomic E-state index is 12.8. The minimum atomic E-state index is -3.25. The lowest BCUT2D eigenvalue weighted by Gasteiger charge is -2.13. The third kappa shape index (κ3) is 1.89. The molecule has 0 bridgehead atoms. The fraction of sp³-hybridized carbons (Fsp3) is 0.600. The van der Waals surface area contributed by atoms with Crippen LogP contribution in [0.4, 0.5) is 13.2 Å². The van der Waals surface area contributed by atoms with Gasteiger partial charge in [0.2, 0.25) is 6.30 Å². The first-order valence-electron chi connectivity index (χ1n) is 3.26. The summed E-state index contributed by atoms with van der Waals surface area (Å²) in [5, 5.41) is 13.5. The molecule has 0 aliphatic heterocycles. The molecule has 0 saturated heterocycles. The lowest BCUT2D eigenvalue weighted by atomic mass is 10.3. The fourth-order valence-corrected chi connectivity index (χ4v) is 0.717. The predicted octanol–water partition coefficient (Wildman–Crippen LogP) is -0.334. The van der Waals surface area contributed by atoms with Crippen LogP contribution in [-0.2, 0) is 0 Å². The molecule has 0 fully saturated rings. The summed E-state index contributed by atoms with van der Waals surface area (Å²) in [5.41, 5.74) is -0.993. The molecule has 1 heterocycles. The van der Waals surface area contributed by atoms with Gasteiger partial charge < -0.3 is 5.11 Å². The van der Waals surface area contributed by atoms with Crippen LogP contribution in [-0.4, -0.2) is 32.4 Å². The van der Waals surface area contributed by atoms with Crippen molar-refractivity contribution in [3.63, 3.8) is 0 Å². The number of aromatic amines is 1. The summed E-state index contributed by atoms with van der Waals surface area (Å²) in [6.07, 6.45) is -7.59. The van der Waals surface area contributed by atoms with Crippen LogP contribution in [0.2, 0.25) is 0 Å². The van der Waals surface area contributed by atoms with E-state index in [0.29, 0.717) is 6.33 Å². The largest absolute Gasteiger partial charge is 0.382 e. The third-order valence-corrected chi connectivity index (χ3v) is 1.38. The molecule has 0 spiro atoms. The van der Waals surface area contributed by atoms with Gasteiger partial charge in [0, 0.05) is 0 Å². The molecule has 1 aromatic heterocycles. The van der Waals surface area contributed by atoms with Crippen molar-refractivity contribution in [2.45, 2.75) is 18.8 Å². The van der Waals surface area contributed by atoms with Crippen molar-refractivity contribution >= 4 is 0 Å². The van der Waals surface area contributed by atoms with Gasteiger partial charge in [-0.15, -0.1) is 0 Å². The standard InChI is InChI=1S/C5H6F3N3O2/c6-3(7)2(12)4(8)11-1-9-10-5(11)13/h1-4,12H,(H,10,13)/t2-,4?/m1/s1. The van der Waals surface area contributed by atoms with Gasteiger partial charge in [-0.3, -0.25) is 0 Å². The van der Waals surface area contributed by atoms with Crippen molar-refractivity contribution in [3.8, 4) is 0 Å². The van der Waals surface area contributed by atoms with Crippen molar-refractivity contribution in [1.82, 2.24) is 14.8 Å². The Morgan fingerprint density at radius 3 is 2.54 bits per heavy atom. The number of aliphatic hydroxyl groups excluding tert-OH is 1. The number of alkyl halides is 3. The van der Waals surface area contributed by atoms with Crippen LogP contribution in [0.15, 0.2) is 11.1 Å². The van der Waals surface area contributed by atoms with Gasteiger partial charge in [0.15, 0.2) is 6.10 Å². The van der Waals surface area contributed by atoms with E-state index in [-0.39, 0.29) is 4.57 Å². The number of hydrogen-bond donors (Lipinski definition) is 2. The van der Waals surface area contributed by atoms with Gasteiger partial charge in [-0.2, -0.15) is 5.10 Å². The van der Waals surface area contributed by atoms with E-state index in [1.807, 2.05) is 0 Å². The van der Waals surface area contributed by atoms with Crippen molar-refractivity contribution < 1.29 is 18.3 Å². The highest BCUT2D eigenvalue weighted by molar-refractivity contribution is 4.73. The number of halogens is 3. The fourth-order valence-electron chi connectivity index (χ4n) is 0.717. The summed E-state index contributed by atoms with van der Waals surface area (Å²) in [6.45, 7) is 0. The highest BCUT2D eigenvalue weighted by Crippen LogP contribution is 2.16. The Balaban J connectivity index is 2.85. The van der Waals surface area contributed by atoms with E-state index < -0.39 is 24.5 Å². The molecule has 5 nitrogen and oxygen atoms in total. The molecule has 1 unspecified atom stereocenters. The molecule has 1 aromatic rings. The highest BCUT2D eigenvalue weighted by atomic mass is 19.3. The molecule has 0 aromatic carbocycles. The minimum Gasteiger partial charge on any atom is -0.382 e. The van der Waals surface area contributed by atoms with Gasteiger partial charge in [-0.1, -0.05) is 0 Å². The van der Waals surface area contributed by atoms with Crippen LogP contribution in [0, 0.1) is 0 Å². The zero-order valence-corrected chi connectivity index (χ0v) is 6.19. The van der Waals surface area contributed by atoms with Gasteiger partial charge in [0.25, 0.3) is 6.43 Å². The van der Waals surface area contributed by atoms with Crippen molar-refractivity contribution in [2.75, 3.05) is 0 Å². The first-order valence-corrected chi connectivity index (χ1v) is 3.26. The monoisotopic (exact) mass is 197 g/mol. The second kappa shape index (κ2) is 3.60. The van der Waals surface area contributed by atoms with Crippen molar-refractivity contribution in [2.24, 2.45) is 0 Å². The molecule has 74 valence electrons. The Morgan fingerprint density at radius 2 is 2.15 bits per heavy atom. The quantitative estimate of drug-likeness (QED) is 0.696. The van der Waals surface area contributed by atoms with Crippen molar-refractivity contribution in [3.05, 3.63) is 16.8 Å². The van der Waals surface area contributed by atoms with E-state index in [0.717, 1.165) is 0 Å². The number of aromatic nitrogens is 3. The molecular weight excluding hydrogens is 191 g/mol. The van der Waals surface area contributed by atoms with Crippen LogP contribution in [0.3, 0.4) is 0 Å². The number of nitrogens with zero attached hydrogens (tertiary/aromatic N) is 2. The molecule has 0 amide bonds. The van der Waals surface area contributed by atoms with Crippen LogP contribution < -0.4 is 5.69 Å². The van der Waals surface area contributed by atoms with Gasteiger partial charge in [0.05, 0.1) is 0 Å². The highest BCUT2D eigenvalue weighted by Gasteiger charge is 2.29. The number of H-pyrrole nitrogens is 1. The van der Waals surface area contributed by atoms with Crippen LogP contribution in [0.5, 0.6) is 0 Å². The van der Waals surface area contributed by atoms with E-state index in [1.54, 1.807) is 5.10 Å². The average Bonchev–Trinajstić information content (AvgIpc) is 2.48. The molecule has 13 heavy (non-hydrogen) atoms. The summed E-state index contributed by atoms with van der Waals surface area (Å²) in [6, 6.07) is 0. The second-order valence-electron chi connectivity index (χ2n) is 2.27. The Bertz CT molecular complexity index is 323. The maximum Gasteiger partial charge on any atom is 0.345 e. The topological polar surface area (TPSA) is 70.9 Å². The second-order valence-corrected chi connectivity index (χ2v) is 2.27. The van der Waals surface area contributed by atoms with Crippen LogP contribution >= 0.6 is 0 Å². The first kappa shape index (κ1) is 9.78. The summed E-state index contributed by atoms with van der Waals surface area (Å²) >= 11 is 0. The summed E-state index contributed by atoms with van der Waals surface area (Å²) in [7, 11) is 0. The summed E-state index contributed by atoms with van der Waals surface area (Å²) in [4.78, 5) is 10.6. The number of nitrogens with one attached hydrogen (secondary N) is 1. The molecule has 0 aliphatic carbocycles. The Kier molecular flexibility index (Phi) is 2.71. The lowest BCUT2D eigenvalue weighted by Crippen LogP contribution is -2.32. The zero-order valence-electron chi connectivity index (χ0n) is 6.19. The summed E-state index contributed by atoms with van der Waals surface area (Å²) in [5.74, 6) is 0. The molecule has 8 heteroatoms. The van der Waals surface area contributed by atoms with E-state index in [9.17, 15) is 18.0 Å². The Morgan fingerprint density at radius 1 is 1.54 bits per heavy atom. The minimum absolute atomic E-state index is 0.247. The molecule has 1 rings (SSSR count). The van der Waals surface area contributed by atoms with Crippen molar-refractivity contribution in [1.29, 1.82) is 0 Å².